The summed E-state index contributed by atoms with van der Waals surface area (Å²) < 4.78 is 6.11. The molecule has 1 saturated heterocycles. The van der Waals surface area contributed by atoms with Crippen molar-refractivity contribution in [2.45, 2.75) is 37.9 Å². The van der Waals surface area contributed by atoms with Gasteiger partial charge in [-0.3, -0.25) is 19.1 Å². The molecule has 1 saturated carbocycles. The molecule has 3 heterocycles. The molecule has 3 atom stereocenters. The fourth-order valence-electron chi connectivity index (χ4n) is 5.29. The number of carbonyl (C=O) groups excluding carboxylic acids is 4. The number of esters is 1. The highest BCUT2D eigenvalue weighted by Gasteiger charge is 2.51. The van der Waals surface area contributed by atoms with Crippen molar-refractivity contribution in [3.8, 4) is 0 Å². The monoisotopic (exact) mass is 510 g/mol. The molecule has 11 nitrogen and oxygen atoms in total. The third-order valence-corrected chi connectivity index (χ3v) is 7.11. The Labute approximate surface area is 210 Å². The Kier molecular flexibility index (Phi) is 6.09. The van der Waals surface area contributed by atoms with E-state index in [1.54, 1.807) is 29.2 Å². The number of benzene rings is 1. The predicted octanol–water partition coefficient (Wildman–Crippen LogP) is 1.99. The number of hydrogen-bond acceptors (Lipinski definition) is 7. The van der Waals surface area contributed by atoms with Gasteiger partial charge < -0.3 is 20.7 Å². The molecule has 2 aromatic heterocycles. The van der Waals surface area contributed by atoms with E-state index in [-0.39, 0.29) is 52.5 Å². The number of piperidine rings is 1. The van der Waals surface area contributed by atoms with Crippen LogP contribution in [0.1, 0.15) is 40.1 Å². The minimum atomic E-state index is -0.686. The molecule has 3 amide bonds. The molecule has 3 N–H and O–H groups in total. The molecule has 2 fully saturated rings. The van der Waals surface area contributed by atoms with Crippen LogP contribution in [-0.2, 0) is 20.9 Å². The molecule has 36 heavy (non-hydrogen) atoms. The molecule has 2 aliphatic rings. The number of likely N-dealkylation sites (tertiary alicyclic amines) is 1. The van der Waals surface area contributed by atoms with Gasteiger partial charge in [0, 0.05) is 11.4 Å². The van der Waals surface area contributed by atoms with Gasteiger partial charge in [0.1, 0.15) is 23.6 Å². The summed E-state index contributed by atoms with van der Waals surface area (Å²) in [5.41, 5.74) is 6.25. The van der Waals surface area contributed by atoms with Gasteiger partial charge in [0.15, 0.2) is 5.69 Å². The highest BCUT2D eigenvalue weighted by molar-refractivity contribution is 6.32. The number of anilines is 1. The highest BCUT2D eigenvalue weighted by Crippen LogP contribution is 2.43. The average molecular weight is 511 g/mol. The fraction of sp³-hybridized carbons (Fsp3) is 0.333. The molecule has 1 aliphatic heterocycles. The van der Waals surface area contributed by atoms with Gasteiger partial charge in [0.25, 0.3) is 5.91 Å². The molecular formula is C24H23ClN6O5. The summed E-state index contributed by atoms with van der Waals surface area (Å²) in [6, 6.07) is 9.16. The maximum Gasteiger partial charge on any atom is 0.341 e. The summed E-state index contributed by atoms with van der Waals surface area (Å²) >= 11 is 6.08. The Morgan fingerprint density at radius 1 is 1.17 bits per heavy atom. The molecular weight excluding hydrogens is 488 g/mol. The van der Waals surface area contributed by atoms with Crippen LogP contribution >= 0.6 is 11.6 Å². The molecule has 2 bridgehead atoms. The number of ether oxygens (including phenoxy) is 1. The summed E-state index contributed by atoms with van der Waals surface area (Å²) in [6.07, 6.45) is 2.37. The number of aromatic nitrogens is 3. The van der Waals surface area contributed by atoms with E-state index in [0.717, 1.165) is 19.3 Å². The summed E-state index contributed by atoms with van der Waals surface area (Å²) in [5.74, 6) is -1.80. The van der Waals surface area contributed by atoms with Gasteiger partial charge in [-0.1, -0.05) is 29.8 Å². The number of primary amides is 1. The molecule has 186 valence electrons. The normalized spacial score (nSPS) is 20.5. The van der Waals surface area contributed by atoms with Crippen LogP contribution in [0.5, 0.6) is 0 Å². The topological polar surface area (TPSA) is 150 Å². The summed E-state index contributed by atoms with van der Waals surface area (Å²) in [4.78, 5) is 56.1. The first-order chi connectivity index (χ1) is 17.3. The van der Waals surface area contributed by atoms with Crippen molar-refractivity contribution in [3.05, 3.63) is 52.8 Å². The van der Waals surface area contributed by atoms with Crippen molar-refractivity contribution >= 4 is 52.0 Å². The van der Waals surface area contributed by atoms with Crippen molar-refractivity contribution in [2.24, 2.45) is 11.7 Å². The summed E-state index contributed by atoms with van der Waals surface area (Å²) in [6.45, 7) is -0.140. The molecule has 3 aromatic rings. The molecule has 5 rings (SSSR count). The first-order valence-corrected chi connectivity index (χ1v) is 11.8. The van der Waals surface area contributed by atoms with Gasteiger partial charge in [0.2, 0.25) is 11.8 Å². The van der Waals surface area contributed by atoms with E-state index in [0.29, 0.717) is 10.9 Å². The maximum absolute atomic E-state index is 13.5. The maximum atomic E-state index is 13.5. The summed E-state index contributed by atoms with van der Waals surface area (Å²) in [7, 11) is 1.23. The van der Waals surface area contributed by atoms with Gasteiger partial charge in [-0.25, -0.2) is 9.78 Å². The minimum absolute atomic E-state index is 0.0133. The lowest BCUT2D eigenvalue weighted by atomic mass is 9.97. The molecule has 1 aliphatic carbocycles. The Hall–Kier alpha value is -3.99. The number of amides is 3. The second kappa shape index (κ2) is 9.23. The van der Waals surface area contributed by atoms with Crippen molar-refractivity contribution in [3.63, 3.8) is 0 Å². The van der Waals surface area contributed by atoms with Crippen LogP contribution in [0, 0.1) is 5.92 Å². The molecule has 0 unspecified atom stereocenters. The number of nitrogens with zero attached hydrogens (tertiary/aromatic N) is 4. The van der Waals surface area contributed by atoms with Crippen molar-refractivity contribution < 1.29 is 23.9 Å². The number of para-hydroxylation sites is 1. The Balaban J connectivity index is 1.37. The number of rotatable bonds is 6. The van der Waals surface area contributed by atoms with Crippen LogP contribution in [0.15, 0.2) is 36.4 Å². The SMILES string of the molecule is COC(=O)c1ccc(NC(=O)[C@@H]2[C@H]3CC[C@H](C3)N2C(=O)Cn2nc(C(N)=O)c3ccccc32)nc1Cl. The van der Waals surface area contributed by atoms with E-state index >= 15 is 0 Å². The van der Waals surface area contributed by atoms with Gasteiger partial charge in [-0.15, -0.1) is 0 Å². The Bertz CT molecular complexity index is 1400. The number of carbonyl (C=O) groups is 4. The minimum Gasteiger partial charge on any atom is -0.465 e. The number of fused-ring (bicyclic) bond motifs is 3. The number of nitrogens with one attached hydrogen (secondary N) is 1. The third kappa shape index (κ3) is 4.05. The first kappa shape index (κ1) is 23.7. The fourth-order valence-corrected chi connectivity index (χ4v) is 5.52. The van der Waals surface area contributed by atoms with E-state index in [2.05, 4.69) is 20.1 Å². The van der Waals surface area contributed by atoms with Crippen molar-refractivity contribution in [1.82, 2.24) is 19.7 Å². The van der Waals surface area contributed by atoms with E-state index in [4.69, 9.17) is 17.3 Å². The second-order valence-corrected chi connectivity index (χ2v) is 9.23. The molecule has 12 heteroatoms. The number of nitrogens with two attached hydrogens (primary N) is 1. The highest BCUT2D eigenvalue weighted by atomic mass is 35.5. The van der Waals surface area contributed by atoms with E-state index in [9.17, 15) is 19.2 Å². The molecule has 0 radical (unpaired) electrons. The lowest BCUT2D eigenvalue weighted by molar-refractivity contribution is -0.141. The Morgan fingerprint density at radius 3 is 2.67 bits per heavy atom. The van der Waals surface area contributed by atoms with Crippen LogP contribution in [0.2, 0.25) is 5.15 Å². The Morgan fingerprint density at radius 2 is 1.94 bits per heavy atom. The van der Waals surface area contributed by atoms with E-state index in [1.165, 1.54) is 23.9 Å². The van der Waals surface area contributed by atoms with Crippen LogP contribution in [-0.4, -0.2) is 62.5 Å². The lowest BCUT2D eigenvalue weighted by Crippen LogP contribution is -2.52. The van der Waals surface area contributed by atoms with E-state index in [1.807, 2.05) is 0 Å². The zero-order valence-corrected chi connectivity index (χ0v) is 20.1. The van der Waals surface area contributed by atoms with Gasteiger partial charge in [-0.05, 0) is 43.4 Å². The number of halogens is 1. The molecule has 1 aromatic carbocycles. The number of hydrogen-bond donors (Lipinski definition) is 2. The van der Waals surface area contributed by atoms with Crippen molar-refractivity contribution in [2.75, 3.05) is 12.4 Å². The number of pyridine rings is 1. The zero-order chi connectivity index (χ0) is 25.6. The largest absolute Gasteiger partial charge is 0.465 e. The van der Waals surface area contributed by atoms with Crippen LogP contribution in [0.25, 0.3) is 10.9 Å². The third-order valence-electron chi connectivity index (χ3n) is 6.82. The predicted molar refractivity (Wildman–Crippen MR) is 129 cm³/mol. The van der Waals surface area contributed by atoms with Crippen LogP contribution in [0.4, 0.5) is 5.82 Å². The lowest BCUT2D eigenvalue weighted by Gasteiger charge is -2.34. The van der Waals surface area contributed by atoms with Gasteiger partial charge in [0.05, 0.1) is 18.2 Å². The average Bonchev–Trinajstić information content (AvgIpc) is 3.57. The van der Waals surface area contributed by atoms with Gasteiger partial charge >= 0.3 is 5.97 Å². The van der Waals surface area contributed by atoms with Crippen LogP contribution in [0.3, 0.4) is 0 Å². The first-order valence-electron chi connectivity index (χ1n) is 11.4. The smallest absolute Gasteiger partial charge is 0.341 e. The standard InChI is InChI=1S/C24H23ClN6O5/c1-36-24(35)15-8-9-17(27-21(15)25)28-23(34)20-12-6-7-13(10-12)31(20)18(32)11-30-16-5-3-2-4-14(16)19(29-30)22(26)33/h2-5,8-9,12-13,20H,6-7,10-11H2,1H3,(H2,26,33)(H,27,28,34)/t12-,13+,20-/m0/s1. The number of methoxy groups -OCH3 is 1. The summed E-state index contributed by atoms with van der Waals surface area (Å²) in [5, 5.41) is 7.46. The zero-order valence-electron chi connectivity index (χ0n) is 19.3. The second-order valence-electron chi connectivity index (χ2n) is 8.88. The van der Waals surface area contributed by atoms with Crippen LogP contribution < -0.4 is 11.1 Å². The van der Waals surface area contributed by atoms with E-state index < -0.39 is 17.9 Å². The van der Waals surface area contributed by atoms with Crippen molar-refractivity contribution in [1.29, 1.82) is 0 Å². The quantitative estimate of drug-likeness (QED) is 0.380. The van der Waals surface area contributed by atoms with Gasteiger partial charge in [-0.2, -0.15) is 5.10 Å². The molecule has 0 spiro atoms.